The predicted octanol–water partition coefficient (Wildman–Crippen LogP) is 4.29. The molecule has 0 aliphatic heterocycles. The molecule has 0 radical (unpaired) electrons. The lowest BCUT2D eigenvalue weighted by molar-refractivity contribution is -0.123. The lowest BCUT2D eigenvalue weighted by Crippen LogP contribution is -2.24. The number of ether oxygens (including phenoxy) is 1. The Morgan fingerprint density at radius 3 is 2.77 bits per heavy atom. The van der Waals surface area contributed by atoms with Crippen molar-refractivity contribution in [2.45, 2.75) is 0 Å². The molecule has 7 heteroatoms. The number of hydrogen-bond acceptors (Lipinski definition) is 3. The highest BCUT2D eigenvalue weighted by atomic mass is 79.9. The zero-order valence-electron chi connectivity index (χ0n) is 11.2. The number of rotatable bonds is 5. The van der Waals surface area contributed by atoms with Crippen LogP contribution >= 0.6 is 39.1 Å². The maximum atomic E-state index is 11.7. The molecular formula is C15H11BrCl2N2O2. The van der Waals surface area contributed by atoms with Gasteiger partial charge in [0, 0.05) is 10.0 Å². The van der Waals surface area contributed by atoms with Gasteiger partial charge in [0.2, 0.25) is 0 Å². The van der Waals surface area contributed by atoms with Crippen LogP contribution in [0, 0.1) is 0 Å². The maximum Gasteiger partial charge on any atom is 0.277 e. The molecule has 1 amide bonds. The Bertz CT molecular complexity index is 708. The van der Waals surface area contributed by atoms with E-state index in [-0.39, 0.29) is 11.6 Å². The Labute approximate surface area is 146 Å². The Kier molecular flexibility index (Phi) is 6.24. The molecule has 0 bridgehead atoms. The average molecular weight is 402 g/mol. The molecule has 0 aromatic heterocycles. The second kappa shape index (κ2) is 8.17. The lowest BCUT2D eigenvalue weighted by atomic mass is 10.2. The van der Waals surface area contributed by atoms with Crippen LogP contribution in [0.4, 0.5) is 0 Å². The van der Waals surface area contributed by atoms with Gasteiger partial charge in [-0.25, -0.2) is 5.43 Å². The highest BCUT2D eigenvalue weighted by molar-refractivity contribution is 9.10. The number of nitrogens with one attached hydrogen (secondary N) is 1. The van der Waals surface area contributed by atoms with E-state index in [0.717, 1.165) is 10.0 Å². The number of halogens is 3. The monoisotopic (exact) mass is 400 g/mol. The van der Waals surface area contributed by atoms with Crippen LogP contribution in [0.25, 0.3) is 0 Å². The van der Waals surface area contributed by atoms with Gasteiger partial charge < -0.3 is 4.74 Å². The van der Waals surface area contributed by atoms with Crippen LogP contribution in [0.3, 0.4) is 0 Å². The van der Waals surface area contributed by atoms with Gasteiger partial charge in [0.15, 0.2) is 6.61 Å². The minimum Gasteiger partial charge on any atom is -0.482 e. The van der Waals surface area contributed by atoms with Gasteiger partial charge in [-0.15, -0.1) is 0 Å². The van der Waals surface area contributed by atoms with Gasteiger partial charge in [-0.2, -0.15) is 5.10 Å². The van der Waals surface area contributed by atoms with Crippen molar-refractivity contribution in [3.05, 3.63) is 62.5 Å². The molecule has 114 valence electrons. The zero-order valence-corrected chi connectivity index (χ0v) is 14.3. The van der Waals surface area contributed by atoms with Crippen LogP contribution in [0.2, 0.25) is 10.0 Å². The van der Waals surface area contributed by atoms with E-state index >= 15 is 0 Å². The van der Waals surface area contributed by atoms with Gasteiger partial charge >= 0.3 is 0 Å². The summed E-state index contributed by atoms with van der Waals surface area (Å²) in [6.45, 7) is -0.215. The molecule has 2 aromatic rings. The van der Waals surface area contributed by atoms with Crippen LogP contribution in [-0.4, -0.2) is 18.7 Å². The summed E-state index contributed by atoms with van der Waals surface area (Å²) in [5.41, 5.74) is 3.22. The number of hydrogen-bond donors (Lipinski definition) is 1. The fourth-order valence-corrected chi connectivity index (χ4v) is 2.26. The topological polar surface area (TPSA) is 50.7 Å². The molecule has 2 aromatic carbocycles. The molecule has 4 nitrogen and oxygen atoms in total. The van der Waals surface area contributed by atoms with E-state index in [0.29, 0.717) is 10.8 Å². The Morgan fingerprint density at radius 1 is 1.23 bits per heavy atom. The largest absolute Gasteiger partial charge is 0.482 e. The summed E-state index contributed by atoms with van der Waals surface area (Å²) in [7, 11) is 0. The molecule has 0 unspecified atom stereocenters. The van der Waals surface area contributed by atoms with Crippen LogP contribution in [0.1, 0.15) is 5.56 Å². The van der Waals surface area contributed by atoms with Gasteiger partial charge in [-0.05, 0) is 18.2 Å². The van der Waals surface area contributed by atoms with Crippen molar-refractivity contribution in [2.24, 2.45) is 5.10 Å². The molecule has 0 aliphatic carbocycles. The fourth-order valence-electron chi connectivity index (χ4n) is 1.52. The molecule has 0 spiro atoms. The van der Waals surface area contributed by atoms with E-state index in [1.165, 1.54) is 6.21 Å². The van der Waals surface area contributed by atoms with Crippen molar-refractivity contribution >= 4 is 51.3 Å². The highest BCUT2D eigenvalue weighted by Crippen LogP contribution is 2.31. The summed E-state index contributed by atoms with van der Waals surface area (Å²) in [5, 5.41) is 4.50. The number of hydrazone groups is 1. The first kappa shape index (κ1) is 16.8. The number of carbonyl (C=O) groups excluding carboxylic acids is 1. The maximum absolute atomic E-state index is 11.7. The van der Waals surface area contributed by atoms with Gasteiger partial charge in [-0.3, -0.25) is 4.79 Å². The SMILES string of the molecule is O=C(COc1cccc(Cl)c1Cl)N/N=C\c1ccccc1Br. The number of nitrogens with zero attached hydrogens (tertiary/aromatic N) is 1. The Balaban J connectivity index is 1.86. The molecule has 1 N–H and O–H groups in total. The van der Waals surface area contributed by atoms with E-state index < -0.39 is 5.91 Å². The molecule has 0 saturated carbocycles. The molecular weight excluding hydrogens is 391 g/mol. The molecule has 0 atom stereocenters. The number of carbonyl (C=O) groups is 1. The van der Waals surface area contributed by atoms with E-state index in [4.69, 9.17) is 27.9 Å². The lowest BCUT2D eigenvalue weighted by Gasteiger charge is -2.07. The van der Waals surface area contributed by atoms with Crippen LogP contribution < -0.4 is 10.2 Å². The Morgan fingerprint density at radius 2 is 2.00 bits per heavy atom. The molecule has 0 fully saturated rings. The minimum atomic E-state index is -0.403. The predicted molar refractivity (Wildman–Crippen MR) is 91.8 cm³/mol. The highest BCUT2D eigenvalue weighted by Gasteiger charge is 2.07. The number of amides is 1. The quantitative estimate of drug-likeness (QED) is 0.600. The molecule has 0 saturated heterocycles. The second-order valence-electron chi connectivity index (χ2n) is 4.16. The van der Waals surface area contributed by atoms with Crippen LogP contribution in [0.15, 0.2) is 52.0 Å². The van der Waals surface area contributed by atoms with E-state index in [1.807, 2.05) is 24.3 Å². The van der Waals surface area contributed by atoms with Gasteiger partial charge in [0.05, 0.1) is 11.2 Å². The normalized spacial score (nSPS) is 10.7. The standard InChI is InChI=1S/C15H11BrCl2N2O2/c16-11-5-2-1-4-10(11)8-19-20-14(21)9-22-13-7-3-6-12(17)15(13)18/h1-8H,9H2,(H,20,21)/b19-8-. The summed E-state index contributed by atoms with van der Waals surface area (Å²) in [6, 6.07) is 12.5. The van der Waals surface area contributed by atoms with Gasteiger partial charge in [-0.1, -0.05) is 63.4 Å². The zero-order chi connectivity index (χ0) is 15.9. The van der Waals surface area contributed by atoms with Crippen molar-refractivity contribution < 1.29 is 9.53 Å². The molecule has 22 heavy (non-hydrogen) atoms. The van der Waals surface area contributed by atoms with Crippen LogP contribution in [0.5, 0.6) is 5.75 Å². The molecule has 0 aliphatic rings. The summed E-state index contributed by atoms with van der Waals surface area (Å²) < 4.78 is 6.18. The van der Waals surface area contributed by atoms with Crippen molar-refractivity contribution in [1.29, 1.82) is 0 Å². The number of benzene rings is 2. The van der Waals surface area contributed by atoms with E-state index in [2.05, 4.69) is 26.5 Å². The third-order valence-electron chi connectivity index (χ3n) is 2.57. The molecule has 2 rings (SSSR count). The van der Waals surface area contributed by atoms with Crippen molar-refractivity contribution in [3.63, 3.8) is 0 Å². The summed E-state index contributed by atoms with van der Waals surface area (Å²) >= 11 is 15.2. The first-order valence-electron chi connectivity index (χ1n) is 6.21. The fraction of sp³-hybridized carbons (Fsp3) is 0.0667. The third kappa shape index (κ3) is 4.73. The smallest absolute Gasteiger partial charge is 0.277 e. The first-order chi connectivity index (χ1) is 10.6. The van der Waals surface area contributed by atoms with Gasteiger partial charge in [0.25, 0.3) is 5.91 Å². The molecule has 0 heterocycles. The van der Waals surface area contributed by atoms with Crippen molar-refractivity contribution in [3.8, 4) is 5.75 Å². The van der Waals surface area contributed by atoms with Crippen LogP contribution in [-0.2, 0) is 4.79 Å². The summed E-state index contributed by atoms with van der Waals surface area (Å²) in [6.07, 6.45) is 1.54. The minimum absolute atomic E-state index is 0.215. The Hall–Kier alpha value is -1.56. The van der Waals surface area contributed by atoms with E-state index in [9.17, 15) is 4.79 Å². The first-order valence-corrected chi connectivity index (χ1v) is 7.76. The average Bonchev–Trinajstić information content (AvgIpc) is 2.51. The van der Waals surface area contributed by atoms with E-state index in [1.54, 1.807) is 18.2 Å². The summed E-state index contributed by atoms with van der Waals surface area (Å²) in [4.78, 5) is 11.7. The van der Waals surface area contributed by atoms with Gasteiger partial charge in [0.1, 0.15) is 10.8 Å². The summed E-state index contributed by atoms with van der Waals surface area (Å²) in [5.74, 6) is -0.0570. The second-order valence-corrected chi connectivity index (χ2v) is 5.79. The van der Waals surface area contributed by atoms with Crippen molar-refractivity contribution in [2.75, 3.05) is 6.61 Å². The van der Waals surface area contributed by atoms with Crippen molar-refractivity contribution in [1.82, 2.24) is 5.43 Å². The third-order valence-corrected chi connectivity index (χ3v) is 4.10.